The number of benzene rings is 2. The highest BCUT2D eigenvalue weighted by atomic mass is 32.2. The van der Waals surface area contributed by atoms with E-state index in [1.807, 2.05) is 30.6 Å². The average molecular weight is 457 g/mol. The second-order valence-corrected chi connectivity index (χ2v) is 10.2. The van der Waals surface area contributed by atoms with Crippen LogP contribution in [0, 0.1) is 17.6 Å². The van der Waals surface area contributed by atoms with Crippen molar-refractivity contribution in [3.8, 4) is 11.1 Å². The molecule has 0 radical (unpaired) electrons. The fourth-order valence-electron chi connectivity index (χ4n) is 4.61. The van der Waals surface area contributed by atoms with Gasteiger partial charge in [-0.1, -0.05) is 12.1 Å². The van der Waals surface area contributed by atoms with Crippen molar-refractivity contribution in [3.05, 3.63) is 72.7 Å². The molecule has 2 aromatic carbocycles. The van der Waals surface area contributed by atoms with Gasteiger partial charge in [-0.25, -0.2) is 17.2 Å². The Morgan fingerprint density at radius 2 is 2.00 bits per heavy atom. The number of nitrogens with zero attached hydrogens (tertiary/aromatic N) is 3. The van der Waals surface area contributed by atoms with Gasteiger partial charge in [-0.05, 0) is 55.2 Å². The van der Waals surface area contributed by atoms with Gasteiger partial charge in [0.15, 0.2) is 11.6 Å². The Balaban J connectivity index is 1.37. The van der Waals surface area contributed by atoms with Crippen LogP contribution >= 0.6 is 0 Å². The fourth-order valence-corrected chi connectivity index (χ4v) is 6.41. The largest absolute Gasteiger partial charge is 0.347 e. The van der Waals surface area contributed by atoms with Crippen LogP contribution in [-0.2, 0) is 16.6 Å². The highest BCUT2D eigenvalue weighted by molar-refractivity contribution is 7.89. The molecule has 9 heteroatoms. The Bertz CT molecular complexity index is 1380. The molecule has 1 fully saturated rings. The molecule has 0 spiro atoms. The van der Waals surface area contributed by atoms with Crippen molar-refractivity contribution >= 4 is 20.9 Å². The van der Waals surface area contributed by atoms with Crippen LogP contribution in [0.25, 0.3) is 22.0 Å². The van der Waals surface area contributed by atoms with E-state index >= 15 is 0 Å². The first-order valence-corrected chi connectivity index (χ1v) is 11.8. The minimum absolute atomic E-state index is 0.0561. The lowest BCUT2D eigenvalue weighted by Crippen LogP contribution is -2.34. The second kappa shape index (κ2) is 7.83. The number of nitrogens with one attached hydrogen (secondary N) is 1. The van der Waals surface area contributed by atoms with E-state index in [1.54, 1.807) is 13.1 Å². The van der Waals surface area contributed by atoms with E-state index in [4.69, 9.17) is 0 Å². The molecule has 0 saturated carbocycles. The number of fused-ring (bicyclic) bond motifs is 1. The zero-order chi connectivity index (χ0) is 22.5. The summed E-state index contributed by atoms with van der Waals surface area (Å²) in [7, 11) is -4.13. The molecule has 5 rings (SSSR count). The molecular weight excluding hydrogens is 434 g/mol. The van der Waals surface area contributed by atoms with Crippen LogP contribution in [-0.4, -0.2) is 40.1 Å². The van der Waals surface area contributed by atoms with E-state index in [-0.39, 0.29) is 18.5 Å². The highest BCUT2D eigenvalue weighted by Crippen LogP contribution is 2.33. The molecule has 4 aromatic rings. The second-order valence-electron chi connectivity index (χ2n) is 8.31. The Morgan fingerprint density at radius 1 is 1.16 bits per heavy atom. The summed E-state index contributed by atoms with van der Waals surface area (Å²) in [4.78, 5) is -0.608. The predicted octanol–water partition coefficient (Wildman–Crippen LogP) is 4.41. The smallest absolute Gasteiger partial charge is 0.246 e. The molecule has 1 saturated heterocycles. The first-order chi connectivity index (χ1) is 15.3. The lowest BCUT2D eigenvalue weighted by atomic mass is 10.1. The molecular formula is C23H22F2N4O2S. The number of H-pyrrole nitrogens is 1. The van der Waals surface area contributed by atoms with E-state index in [9.17, 15) is 17.2 Å². The fraction of sp³-hybridized carbons (Fsp3) is 0.261. The number of hydrogen-bond acceptors (Lipinski definition) is 3. The topological polar surface area (TPSA) is 71.0 Å². The molecule has 32 heavy (non-hydrogen) atoms. The summed E-state index contributed by atoms with van der Waals surface area (Å²) in [6, 6.07) is 11.2. The third kappa shape index (κ3) is 3.51. The van der Waals surface area contributed by atoms with Gasteiger partial charge in [0.05, 0.1) is 6.20 Å². The van der Waals surface area contributed by atoms with E-state index in [0.717, 1.165) is 34.2 Å². The lowest BCUT2D eigenvalue weighted by molar-refractivity contribution is 0.393. The average Bonchev–Trinajstić information content (AvgIpc) is 3.50. The van der Waals surface area contributed by atoms with Crippen molar-refractivity contribution in [2.24, 2.45) is 5.92 Å². The zero-order valence-electron chi connectivity index (χ0n) is 17.4. The summed E-state index contributed by atoms with van der Waals surface area (Å²) >= 11 is 0. The van der Waals surface area contributed by atoms with Crippen LogP contribution in [0.15, 0.2) is 66.0 Å². The summed E-state index contributed by atoms with van der Waals surface area (Å²) < 4.78 is 57.3. The molecule has 2 atom stereocenters. The summed E-state index contributed by atoms with van der Waals surface area (Å²) in [5.41, 5.74) is 3.13. The minimum Gasteiger partial charge on any atom is -0.347 e. The Kier molecular flexibility index (Phi) is 5.10. The van der Waals surface area contributed by atoms with Gasteiger partial charge in [0.1, 0.15) is 4.90 Å². The van der Waals surface area contributed by atoms with Crippen molar-refractivity contribution in [2.75, 3.05) is 6.54 Å². The molecule has 0 bridgehead atoms. The molecule has 0 aliphatic carbocycles. The molecule has 1 aliphatic heterocycles. The lowest BCUT2D eigenvalue weighted by Gasteiger charge is -2.21. The molecule has 166 valence electrons. The third-order valence-electron chi connectivity index (χ3n) is 6.16. The molecule has 6 nitrogen and oxygen atoms in total. The van der Waals surface area contributed by atoms with E-state index in [1.165, 1.54) is 10.4 Å². The van der Waals surface area contributed by atoms with Gasteiger partial charge in [-0.2, -0.15) is 9.40 Å². The van der Waals surface area contributed by atoms with Gasteiger partial charge in [0.2, 0.25) is 10.0 Å². The van der Waals surface area contributed by atoms with Gasteiger partial charge in [-0.3, -0.25) is 5.10 Å². The summed E-state index contributed by atoms with van der Waals surface area (Å²) in [6.07, 6.45) is 6.25. The Hall–Kier alpha value is -3.04. The number of sulfonamides is 1. The number of rotatable bonds is 5. The maximum absolute atomic E-state index is 14.2. The first kappa shape index (κ1) is 20.8. The monoisotopic (exact) mass is 456 g/mol. The first-order valence-electron chi connectivity index (χ1n) is 10.4. The summed E-state index contributed by atoms with van der Waals surface area (Å²) in [5, 5.41) is 7.89. The van der Waals surface area contributed by atoms with Crippen molar-refractivity contribution < 1.29 is 17.2 Å². The van der Waals surface area contributed by atoms with Gasteiger partial charge in [0, 0.05) is 48.0 Å². The number of halogens is 2. The molecule has 0 amide bonds. The number of hydrogen-bond donors (Lipinski definition) is 1. The van der Waals surface area contributed by atoms with Crippen molar-refractivity contribution in [1.82, 2.24) is 19.1 Å². The van der Waals surface area contributed by atoms with Crippen molar-refractivity contribution in [3.63, 3.8) is 0 Å². The van der Waals surface area contributed by atoms with Crippen LogP contribution in [0.3, 0.4) is 0 Å². The van der Waals surface area contributed by atoms with E-state index < -0.39 is 26.6 Å². The van der Waals surface area contributed by atoms with Crippen molar-refractivity contribution in [2.45, 2.75) is 30.8 Å². The molecule has 3 heterocycles. The number of aromatic amines is 1. The van der Waals surface area contributed by atoms with Crippen LogP contribution in [0.1, 0.15) is 13.3 Å². The van der Waals surface area contributed by atoms with Gasteiger partial charge in [0.25, 0.3) is 0 Å². The standard InChI is InChI=1S/C23H22F2N4O2S/c1-15-9-16(14-29(15)32(30,31)22-4-2-3-20(24)23(22)25)13-28-8-7-18-10-17(5-6-21(18)28)19-11-26-27-12-19/h2-8,10-12,15-16H,9,13-14H2,1H3,(H,26,27)/t15-,16?/m0/s1. The van der Waals surface area contributed by atoms with E-state index in [0.29, 0.717) is 13.0 Å². The minimum atomic E-state index is -4.13. The van der Waals surface area contributed by atoms with Gasteiger partial charge >= 0.3 is 0 Å². The SMILES string of the molecule is C[C@H]1CC(Cn2ccc3cc(-c4cn[nH]c4)ccc32)CN1S(=O)(=O)c1cccc(F)c1F. The molecule has 2 aromatic heterocycles. The molecule has 1 unspecified atom stereocenters. The van der Waals surface area contributed by atoms with E-state index in [2.05, 4.69) is 20.8 Å². The number of aromatic nitrogens is 3. The predicted molar refractivity (Wildman–Crippen MR) is 117 cm³/mol. The van der Waals surface area contributed by atoms with Crippen LogP contribution in [0.4, 0.5) is 8.78 Å². The van der Waals surface area contributed by atoms with Crippen molar-refractivity contribution in [1.29, 1.82) is 0 Å². The van der Waals surface area contributed by atoms with Crippen LogP contribution < -0.4 is 0 Å². The Morgan fingerprint density at radius 3 is 2.78 bits per heavy atom. The normalized spacial score (nSPS) is 19.7. The van der Waals surface area contributed by atoms with Crippen LogP contribution in [0.5, 0.6) is 0 Å². The highest BCUT2D eigenvalue weighted by Gasteiger charge is 2.39. The summed E-state index contributed by atoms with van der Waals surface area (Å²) in [6.45, 7) is 2.70. The quantitative estimate of drug-likeness (QED) is 0.484. The maximum Gasteiger partial charge on any atom is 0.246 e. The van der Waals surface area contributed by atoms with Gasteiger partial charge < -0.3 is 4.57 Å². The summed E-state index contributed by atoms with van der Waals surface area (Å²) in [5.74, 6) is -2.43. The maximum atomic E-state index is 14.2. The van der Waals surface area contributed by atoms with Gasteiger partial charge in [-0.15, -0.1) is 0 Å². The molecule has 1 N–H and O–H groups in total. The van der Waals surface area contributed by atoms with Crippen LogP contribution in [0.2, 0.25) is 0 Å². The Labute approximate surface area is 184 Å². The zero-order valence-corrected chi connectivity index (χ0v) is 18.2. The third-order valence-corrected chi connectivity index (χ3v) is 8.16. The molecule has 1 aliphatic rings.